The number of rotatable bonds is 5. The predicted octanol–water partition coefficient (Wildman–Crippen LogP) is 1.95. The maximum absolute atomic E-state index is 12.7. The molecule has 0 fully saturated rings. The molecule has 0 atom stereocenters. The summed E-state index contributed by atoms with van der Waals surface area (Å²) >= 11 is 0. The average molecular weight is 338 g/mol. The summed E-state index contributed by atoms with van der Waals surface area (Å²) < 4.78 is 29.6. The van der Waals surface area contributed by atoms with Crippen LogP contribution in [0.25, 0.3) is 0 Å². The molecule has 126 valence electrons. The van der Waals surface area contributed by atoms with Gasteiger partial charge in [-0.05, 0) is 32.8 Å². The van der Waals surface area contributed by atoms with Crippen molar-refractivity contribution in [3.63, 3.8) is 0 Å². The first-order valence-corrected chi connectivity index (χ1v) is 8.86. The highest BCUT2D eigenvalue weighted by molar-refractivity contribution is 7.92. The number of hydrogen-bond donors (Lipinski definition) is 2. The van der Waals surface area contributed by atoms with Crippen LogP contribution >= 0.6 is 0 Å². The largest absolute Gasteiger partial charge is 0.327 e. The molecule has 0 aliphatic carbocycles. The Morgan fingerprint density at radius 2 is 1.96 bits per heavy atom. The Morgan fingerprint density at radius 1 is 1.30 bits per heavy atom. The molecule has 0 amide bonds. The third kappa shape index (κ3) is 3.64. The van der Waals surface area contributed by atoms with Crippen LogP contribution in [0.15, 0.2) is 22.0 Å². The van der Waals surface area contributed by atoms with Gasteiger partial charge in [-0.15, -0.1) is 0 Å². The minimum atomic E-state index is -3.77. The summed E-state index contributed by atoms with van der Waals surface area (Å²) in [6, 6.07) is 1.50. The van der Waals surface area contributed by atoms with Crippen LogP contribution in [0.1, 0.15) is 30.8 Å². The van der Waals surface area contributed by atoms with E-state index in [4.69, 9.17) is 0 Å². The van der Waals surface area contributed by atoms with Gasteiger partial charge in [-0.25, -0.2) is 8.42 Å². The van der Waals surface area contributed by atoms with E-state index in [9.17, 15) is 13.2 Å². The topological polar surface area (TPSA) is 96.8 Å². The number of anilines is 1. The minimum Gasteiger partial charge on any atom is -0.327 e. The lowest BCUT2D eigenvalue weighted by Crippen LogP contribution is -2.17. The van der Waals surface area contributed by atoms with Gasteiger partial charge in [-0.1, -0.05) is 13.8 Å². The third-order valence-electron chi connectivity index (χ3n) is 3.46. The van der Waals surface area contributed by atoms with E-state index in [-0.39, 0.29) is 10.5 Å². The van der Waals surface area contributed by atoms with Crippen molar-refractivity contribution >= 4 is 15.7 Å². The second-order valence-corrected chi connectivity index (χ2v) is 7.70. The zero-order valence-electron chi connectivity index (χ0n) is 14.0. The first-order chi connectivity index (χ1) is 10.6. The number of sulfonamides is 1. The molecule has 0 unspecified atom stereocenters. The Kier molecular flexibility index (Phi) is 4.65. The summed E-state index contributed by atoms with van der Waals surface area (Å²) in [7, 11) is -3.77. The first kappa shape index (κ1) is 17.3. The molecule has 0 aliphatic rings. The van der Waals surface area contributed by atoms with Gasteiger partial charge < -0.3 is 4.98 Å². The maximum Gasteiger partial charge on any atom is 0.265 e. The molecule has 2 N–H and O–H groups in total. The van der Waals surface area contributed by atoms with Gasteiger partial charge in [-0.2, -0.15) is 5.10 Å². The fourth-order valence-electron chi connectivity index (χ4n) is 2.46. The summed E-state index contributed by atoms with van der Waals surface area (Å²) in [6.45, 7) is 9.79. The minimum absolute atomic E-state index is 0.182. The van der Waals surface area contributed by atoms with Crippen LogP contribution in [0.3, 0.4) is 0 Å². The Hall–Kier alpha value is -2.09. The highest BCUT2D eigenvalue weighted by Crippen LogP contribution is 2.23. The second kappa shape index (κ2) is 6.19. The number of aryl methyl sites for hydroxylation is 2. The molecule has 2 aromatic rings. The number of aromatic amines is 1. The van der Waals surface area contributed by atoms with Crippen molar-refractivity contribution in [1.82, 2.24) is 14.8 Å². The van der Waals surface area contributed by atoms with Crippen LogP contribution in [0, 0.1) is 26.7 Å². The second-order valence-electron chi connectivity index (χ2n) is 6.08. The van der Waals surface area contributed by atoms with Gasteiger partial charge in [0.2, 0.25) is 0 Å². The van der Waals surface area contributed by atoms with Crippen LogP contribution in [-0.4, -0.2) is 23.2 Å². The van der Waals surface area contributed by atoms with Gasteiger partial charge in [0.05, 0.1) is 17.1 Å². The molecule has 0 radical (unpaired) electrons. The van der Waals surface area contributed by atoms with Gasteiger partial charge in [0.1, 0.15) is 4.90 Å². The van der Waals surface area contributed by atoms with E-state index in [1.54, 1.807) is 25.5 Å². The molecule has 2 heterocycles. The van der Waals surface area contributed by atoms with E-state index in [1.165, 1.54) is 12.3 Å². The molecule has 0 aliphatic heterocycles. The van der Waals surface area contributed by atoms with Gasteiger partial charge in [-0.3, -0.25) is 14.2 Å². The van der Waals surface area contributed by atoms with E-state index in [2.05, 4.69) is 14.8 Å². The Labute approximate surface area is 135 Å². The molecule has 23 heavy (non-hydrogen) atoms. The highest BCUT2D eigenvalue weighted by Gasteiger charge is 2.25. The summed E-state index contributed by atoms with van der Waals surface area (Å²) in [5, 5.41) is 4.33. The molecule has 2 aromatic heterocycles. The highest BCUT2D eigenvalue weighted by atomic mass is 32.2. The van der Waals surface area contributed by atoms with Crippen LogP contribution in [0.2, 0.25) is 0 Å². The molecular weight excluding hydrogens is 316 g/mol. The lowest BCUT2D eigenvalue weighted by molar-refractivity contribution is 0.472. The number of aromatic nitrogens is 3. The Bertz CT molecular complexity index is 879. The first-order valence-electron chi connectivity index (χ1n) is 7.38. The summed E-state index contributed by atoms with van der Waals surface area (Å²) in [4.78, 5) is 14.1. The average Bonchev–Trinajstić information content (AvgIpc) is 2.68. The zero-order valence-corrected chi connectivity index (χ0v) is 14.8. The molecule has 0 saturated heterocycles. The van der Waals surface area contributed by atoms with Crippen LogP contribution in [-0.2, 0) is 16.6 Å². The van der Waals surface area contributed by atoms with E-state index in [0.29, 0.717) is 35.1 Å². The molecular formula is C15H22N4O3S. The molecule has 2 rings (SSSR count). The third-order valence-corrected chi connectivity index (χ3v) is 5.10. The number of H-pyrrole nitrogens is 1. The molecule has 7 nitrogen and oxygen atoms in total. The monoisotopic (exact) mass is 338 g/mol. The maximum atomic E-state index is 12.7. The molecule has 0 spiro atoms. The molecule has 0 aromatic carbocycles. The smallest absolute Gasteiger partial charge is 0.265 e. The zero-order chi connectivity index (χ0) is 17.4. The number of pyridine rings is 1. The van der Waals surface area contributed by atoms with Crippen molar-refractivity contribution < 1.29 is 8.42 Å². The SMILES string of the molecule is Cc1nn(CC(C)C)c(C)c1S(=O)(=O)Nc1c[nH]c(=O)c(C)c1. The van der Waals surface area contributed by atoms with Gasteiger partial charge in [0.25, 0.3) is 15.6 Å². The molecule has 0 saturated carbocycles. The van der Waals surface area contributed by atoms with Gasteiger partial charge in [0.15, 0.2) is 0 Å². The normalized spacial score (nSPS) is 11.9. The van der Waals surface area contributed by atoms with E-state index < -0.39 is 10.0 Å². The number of nitrogens with zero attached hydrogens (tertiary/aromatic N) is 2. The van der Waals surface area contributed by atoms with Crippen molar-refractivity contribution in [2.75, 3.05) is 4.72 Å². The standard InChI is InChI=1S/C15H22N4O3S/c1-9(2)8-19-12(5)14(11(4)17-19)23(21,22)18-13-6-10(3)15(20)16-7-13/h6-7,9,18H,8H2,1-5H3,(H,16,20). The predicted molar refractivity (Wildman–Crippen MR) is 89.1 cm³/mol. The van der Waals surface area contributed by atoms with Crippen molar-refractivity contribution in [3.05, 3.63) is 39.6 Å². The Morgan fingerprint density at radius 3 is 2.52 bits per heavy atom. The fourth-order valence-corrected chi connectivity index (χ4v) is 3.91. The van der Waals surface area contributed by atoms with Gasteiger partial charge in [0, 0.05) is 18.3 Å². The lowest BCUT2D eigenvalue weighted by atomic mass is 10.2. The molecule has 0 bridgehead atoms. The fraction of sp³-hybridized carbons (Fsp3) is 0.467. The summed E-state index contributed by atoms with van der Waals surface area (Å²) in [6.07, 6.45) is 1.34. The van der Waals surface area contributed by atoms with E-state index >= 15 is 0 Å². The quantitative estimate of drug-likeness (QED) is 0.871. The number of nitrogens with one attached hydrogen (secondary N) is 2. The lowest BCUT2D eigenvalue weighted by Gasteiger charge is -2.10. The van der Waals surface area contributed by atoms with Crippen molar-refractivity contribution in [2.45, 2.75) is 46.1 Å². The van der Waals surface area contributed by atoms with Crippen LogP contribution < -0.4 is 10.3 Å². The van der Waals surface area contributed by atoms with Crippen LogP contribution in [0.4, 0.5) is 5.69 Å². The summed E-state index contributed by atoms with van der Waals surface area (Å²) in [5.74, 6) is 0.360. The van der Waals surface area contributed by atoms with E-state index in [1.807, 2.05) is 13.8 Å². The number of hydrogen-bond acceptors (Lipinski definition) is 4. The van der Waals surface area contributed by atoms with Crippen molar-refractivity contribution in [1.29, 1.82) is 0 Å². The van der Waals surface area contributed by atoms with Crippen LogP contribution in [0.5, 0.6) is 0 Å². The van der Waals surface area contributed by atoms with Gasteiger partial charge >= 0.3 is 0 Å². The van der Waals surface area contributed by atoms with Crippen molar-refractivity contribution in [2.24, 2.45) is 5.92 Å². The molecule has 8 heteroatoms. The van der Waals surface area contributed by atoms with Crippen molar-refractivity contribution in [3.8, 4) is 0 Å². The Balaban J connectivity index is 2.41. The van der Waals surface area contributed by atoms with E-state index in [0.717, 1.165) is 0 Å². The summed E-state index contributed by atoms with van der Waals surface area (Å²) in [5.41, 5.74) is 1.57.